The van der Waals surface area contributed by atoms with Gasteiger partial charge in [-0.3, -0.25) is 0 Å². The van der Waals surface area contributed by atoms with Crippen LogP contribution >= 0.6 is 0 Å². The third-order valence-corrected chi connectivity index (χ3v) is 0.575. The van der Waals surface area contributed by atoms with E-state index in [0.29, 0.717) is 5.70 Å². The Balaban J connectivity index is 3.00. The Bertz CT molecular complexity index is 157. The highest BCUT2D eigenvalue weighted by atomic mass is 14.9. The SMILES string of the molecule is [N-]=C=C1C=NC=N1. The molecular weight excluding hydrogens is 90.1 g/mol. The molecule has 1 heterocycles. The molecule has 0 saturated heterocycles. The highest BCUT2D eigenvalue weighted by Crippen LogP contribution is 1.89. The van der Waals surface area contributed by atoms with E-state index in [2.05, 4.69) is 9.98 Å². The summed E-state index contributed by atoms with van der Waals surface area (Å²) in [6.07, 6.45) is 2.76. The summed E-state index contributed by atoms with van der Waals surface area (Å²) >= 11 is 0. The molecule has 0 saturated carbocycles. The van der Waals surface area contributed by atoms with Crippen LogP contribution in [0.3, 0.4) is 0 Å². The molecule has 0 aliphatic carbocycles. The molecule has 0 fully saturated rings. The van der Waals surface area contributed by atoms with E-state index in [1.807, 2.05) is 5.87 Å². The minimum atomic E-state index is 0.375. The summed E-state index contributed by atoms with van der Waals surface area (Å²) in [6.45, 7) is 0. The lowest BCUT2D eigenvalue weighted by atomic mass is 10.6. The van der Waals surface area contributed by atoms with Crippen molar-refractivity contribution < 1.29 is 0 Å². The largest absolute Gasteiger partial charge is 0.761 e. The molecule has 0 aromatic heterocycles. The lowest BCUT2D eigenvalue weighted by molar-refractivity contribution is 1.59. The van der Waals surface area contributed by atoms with Gasteiger partial charge in [-0.1, -0.05) is 0 Å². The third kappa shape index (κ3) is 0.614. The number of hydrogen-bond acceptors (Lipinski definition) is 2. The minimum absolute atomic E-state index is 0.375. The van der Waals surface area contributed by atoms with Crippen LogP contribution in [0.1, 0.15) is 0 Å². The topological polar surface area (TPSA) is 47.0 Å². The smallest absolute Gasteiger partial charge is 0.116 e. The fourth-order valence-electron chi connectivity index (χ4n) is 0.291. The van der Waals surface area contributed by atoms with Crippen molar-refractivity contribution in [2.75, 3.05) is 0 Å². The van der Waals surface area contributed by atoms with Crippen molar-refractivity contribution in [2.24, 2.45) is 9.98 Å². The molecule has 34 valence electrons. The van der Waals surface area contributed by atoms with Crippen molar-refractivity contribution in [3.8, 4) is 0 Å². The molecule has 0 amide bonds. The maximum Gasteiger partial charge on any atom is 0.116 e. The third-order valence-electron chi connectivity index (χ3n) is 0.575. The predicted molar refractivity (Wildman–Crippen MR) is 28.9 cm³/mol. The van der Waals surface area contributed by atoms with Gasteiger partial charge in [0.05, 0.1) is 6.21 Å². The number of allylic oxidation sites excluding steroid dienone is 1. The van der Waals surface area contributed by atoms with E-state index in [4.69, 9.17) is 5.41 Å². The second-order valence-electron chi connectivity index (χ2n) is 1.02. The highest BCUT2D eigenvalue weighted by Gasteiger charge is 1.84. The summed E-state index contributed by atoms with van der Waals surface area (Å²) in [7, 11) is 0. The quantitative estimate of drug-likeness (QED) is 0.384. The molecule has 0 aromatic carbocycles. The van der Waals surface area contributed by atoms with Crippen LogP contribution in [-0.4, -0.2) is 18.4 Å². The standard InChI is InChI=1S/C4H2N3/c5-1-4-2-6-3-7-4/h2-3H/q-1. The minimum Gasteiger partial charge on any atom is -0.761 e. The van der Waals surface area contributed by atoms with Crippen LogP contribution in [0.5, 0.6) is 0 Å². The van der Waals surface area contributed by atoms with Crippen molar-refractivity contribution in [1.82, 2.24) is 0 Å². The lowest BCUT2D eigenvalue weighted by Crippen LogP contribution is -1.69. The first kappa shape index (κ1) is 3.96. The second-order valence-corrected chi connectivity index (χ2v) is 1.02. The van der Waals surface area contributed by atoms with Crippen LogP contribution in [0.25, 0.3) is 5.41 Å². The first-order valence-electron chi connectivity index (χ1n) is 1.76. The molecule has 0 radical (unpaired) electrons. The Kier molecular flexibility index (Phi) is 0.845. The van der Waals surface area contributed by atoms with Crippen molar-refractivity contribution in [1.29, 1.82) is 0 Å². The fraction of sp³-hybridized carbons (Fsp3) is 0. The maximum absolute atomic E-state index is 8.07. The van der Waals surface area contributed by atoms with Crippen molar-refractivity contribution in [3.05, 3.63) is 11.1 Å². The zero-order chi connectivity index (χ0) is 5.11. The summed E-state index contributed by atoms with van der Waals surface area (Å²) in [6, 6.07) is 0. The summed E-state index contributed by atoms with van der Waals surface area (Å²) in [4.78, 5) is 7.12. The zero-order valence-corrected chi connectivity index (χ0v) is 3.50. The Labute approximate surface area is 40.6 Å². The molecule has 1 aliphatic rings. The molecule has 7 heavy (non-hydrogen) atoms. The first-order chi connectivity index (χ1) is 3.43. The average Bonchev–Trinajstić information content (AvgIpc) is 2.14. The molecule has 0 atom stereocenters. The number of nitrogens with zero attached hydrogens (tertiary/aromatic N) is 3. The molecule has 0 bridgehead atoms. The van der Waals surface area contributed by atoms with Gasteiger partial charge in [0, 0.05) is 0 Å². The van der Waals surface area contributed by atoms with E-state index in [1.165, 1.54) is 12.6 Å². The molecular formula is C4H2N3-. The van der Waals surface area contributed by atoms with E-state index in [-0.39, 0.29) is 0 Å². The van der Waals surface area contributed by atoms with Crippen molar-refractivity contribution in [2.45, 2.75) is 0 Å². The average molecular weight is 92.1 g/mol. The van der Waals surface area contributed by atoms with Gasteiger partial charge in [0.25, 0.3) is 0 Å². The van der Waals surface area contributed by atoms with Gasteiger partial charge in [0.15, 0.2) is 0 Å². The summed E-state index contributed by atoms with van der Waals surface area (Å²) in [5.41, 5.74) is 0.375. The van der Waals surface area contributed by atoms with E-state index in [1.54, 1.807) is 0 Å². The Morgan fingerprint density at radius 1 is 1.71 bits per heavy atom. The van der Waals surface area contributed by atoms with Crippen molar-refractivity contribution >= 4 is 18.4 Å². The number of aliphatic imine (C=N–C) groups is 2. The Hall–Kier alpha value is -1.21. The van der Waals surface area contributed by atoms with Gasteiger partial charge in [-0.05, 0) is 0 Å². The lowest BCUT2D eigenvalue weighted by Gasteiger charge is -1.75. The molecule has 0 spiro atoms. The van der Waals surface area contributed by atoms with Crippen LogP contribution in [0.4, 0.5) is 0 Å². The van der Waals surface area contributed by atoms with E-state index in [9.17, 15) is 0 Å². The van der Waals surface area contributed by atoms with Crippen LogP contribution in [0.15, 0.2) is 15.7 Å². The first-order valence-corrected chi connectivity index (χ1v) is 1.76. The van der Waals surface area contributed by atoms with E-state index in [0.717, 1.165) is 0 Å². The fourth-order valence-corrected chi connectivity index (χ4v) is 0.291. The summed E-state index contributed by atoms with van der Waals surface area (Å²) in [5, 5.41) is 8.07. The maximum atomic E-state index is 8.07. The van der Waals surface area contributed by atoms with Crippen LogP contribution < -0.4 is 0 Å². The molecule has 3 nitrogen and oxygen atoms in total. The Morgan fingerprint density at radius 3 is 2.86 bits per heavy atom. The molecule has 0 unspecified atom stereocenters. The van der Waals surface area contributed by atoms with Gasteiger partial charge in [-0.2, -0.15) is 0 Å². The highest BCUT2D eigenvalue weighted by molar-refractivity contribution is 5.99. The molecule has 3 heteroatoms. The molecule has 0 N–H and O–H groups in total. The van der Waals surface area contributed by atoms with E-state index >= 15 is 0 Å². The van der Waals surface area contributed by atoms with Crippen LogP contribution in [0.2, 0.25) is 0 Å². The molecule has 1 aliphatic heterocycles. The van der Waals surface area contributed by atoms with Gasteiger partial charge in [-0.25, -0.2) is 15.9 Å². The predicted octanol–water partition coefficient (Wildman–Crippen LogP) is 0.222. The normalized spacial score (nSPS) is 15.1. The number of rotatable bonds is 0. The molecule has 1 rings (SSSR count). The van der Waals surface area contributed by atoms with Crippen LogP contribution in [-0.2, 0) is 0 Å². The molecule has 0 aromatic rings. The van der Waals surface area contributed by atoms with Crippen molar-refractivity contribution in [3.63, 3.8) is 0 Å². The van der Waals surface area contributed by atoms with Gasteiger partial charge in [-0.15, -0.1) is 0 Å². The van der Waals surface area contributed by atoms with Gasteiger partial charge in [0.2, 0.25) is 0 Å². The number of hydrogen-bond donors (Lipinski definition) is 0. The van der Waals surface area contributed by atoms with E-state index < -0.39 is 0 Å². The monoisotopic (exact) mass is 92.0 g/mol. The summed E-state index contributed by atoms with van der Waals surface area (Å²) < 4.78 is 0. The van der Waals surface area contributed by atoms with Crippen LogP contribution in [0, 0.1) is 0 Å². The van der Waals surface area contributed by atoms with Gasteiger partial charge in [0.1, 0.15) is 12.0 Å². The Morgan fingerprint density at radius 2 is 2.57 bits per heavy atom. The van der Waals surface area contributed by atoms with Gasteiger partial charge < -0.3 is 5.41 Å². The second kappa shape index (κ2) is 1.49. The zero-order valence-electron chi connectivity index (χ0n) is 3.50. The van der Waals surface area contributed by atoms with Gasteiger partial charge >= 0.3 is 0 Å². The summed E-state index contributed by atoms with van der Waals surface area (Å²) in [5.74, 6) is 1.83.